The van der Waals surface area contributed by atoms with E-state index in [2.05, 4.69) is 17.2 Å². The number of ether oxygens (including phenoxy) is 1. The third-order valence-electron chi connectivity index (χ3n) is 3.58. The monoisotopic (exact) mass is 243 g/mol. The van der Waals surface area contributed by atoms with Crippen LogP contribution in [-0.4, -0.2) is 23.7 Å². The number of nitrogens with one attached hydrogen (secondary N) is 1. The topological polar surface area (TPSA) is 60.2 Å². The Morgan fingerprint density at radius 1 is 1.39 bits per heavy atom. The Morgan fingerprint density at radius 3 is 3.06 bits per heavy atom. The molecule has 1 aliphatic rings. The predicted octanol–water partition coefficient (Wildman–Crippen LogP) is 2.41. The first kappa shape index (κ1) is 11.3. The number of anilines is 2. The van der Waals surface area contributed by atoms with E-state index >= 15 is 0 Å². The number of benzene rings is 1. The van der Waals surface area contributed by atoms with Crippen molar-refractivity contribution in [2.75, 3.05) is 17.7 Å². The molecule has 0 amide bonds. The first-order valence-electron chi connectivity index (χ1n) is 6.26. The zero-order valence-corrected chi connectivity index (χ0v) is 10.4. The third-order valence-corrected chi connectivity index (χ3v) is 3.58. The number of nitrogens with two attached hydrogens (primary N) is 1. The fourth-order valence-corrected chi connectivity index (χ4v) is 2.44. The Balaban J connectivity index is 1.95. The van der Waals surface area contributed by atoms with Crippen molar-refractivity contribution >= 4 is 22.1 Å². The molecule has 3 N–H and O–H groups in total. The molecule has 3 rings (SSSR count). The number of fused-ring (bicyclic) bond motifs is 1. The molecule has 1 aromatic heterocycles. The van der Waals surface area contributed by atoms with Gasteiger partial charge in [0.1, 0.15) is 0 Å². The van der Waals surface area contributed by atoms with Gasteiger partial charge in [-0.2, -0.15) is 0 Å². The molecule has 94 valence electrons. The van der Waals surface area contributed by atoms with Gasteiger partial charge in [-0.1, -0.05) is 6.07 Å². The summed E-state index contributed by atoms with van der Waals surface area (Å²) in [5.41, 5.74) is 7.98. The summed E-state index contributed by atoms with van der Waals surface area (Å²) in [6.45, 7) is 2.90. The van der Waals surface area contributed by atoms with E-state index in [9.17, 15) is 0 Å². The van der Waals surface area contributed by atoms with Gasteiger partial charge in [-0.3, -0.25) is 4.98 Å². The van der Waals surface area contributed by atoms with Crippen molar-refractivity contribution in [2.24, 2.45) is 0 Å². The quantitative estimate of drug-likeness (QED) is 0.795. The lowest BCUT2D eigenvalue weighted by Gasteiger charge is -2.19. The van der Waals surface area contributed by atoms with Crippen LogP contribution in [0.3, 0.4) is 0 Å². The average Bonchev–Trinajstić information content (AvgIpc) is 2.79. The summed E-state index contributed by atoms with van der Waals surface area (Å²) in [6, 6.07) is 6.35. The molecule has 2 atom stereocenters. The molecule has 1 fully saturated rings. The van der Waals surface area contributed by atoms with E-state index in [1.54, 1.807) is 6.20 Å². The number of aromatic nitrogens is 1. The van der Waals surface area contributed by atoms with Crippen LogP contribution in [0.25, 0.3) is 10.8 Å². The molecule has 0 radical (unpaired) electrons. The summed E-state index contributed by atoms with van der Waals surface area (Å²) in [7, 11) is 0. The zero-order chi connectivity index (χ0) is 12.5. The van der Waals surface area contributed by atoms with Crippen molar-refractivity contribution in [3.05, 3.63) is 30.6 Å². The maximum absolute atomic E-state index is 6.21. The molecule has 2 heterocycles. The molecule has 2 aromatic rings. The van der Waals surface area contributed by atoms with E-state index in [0.29, 0.717) is 6.04 Å². The molecule has 1 saturated heterocycles. The molecular weight excluding hydrogens is 226 g/mol. The van der Waals surface area contributed by atoms with Crippen LogP contribution in [0.5, 0.6) is 0 Å². The molecule has 2 unspecified atom stereocenters. The number of hydrogen-bond acceptors (Lipinski definition) is 4. The van der Waals surface area contributed by atoms with E-state index < -0.39 is 0 Å². The summed E-state index contributed by atoms with van der Waals surface area (Å²) >= 11 is 0. The predicted molar refractivity (Wildman–Crippen MR) is 73.6 cm³/mol. The van der Waals surface area contributed by atoms with Crippen LogP contribution < -0.4 is 11.1 Å². The third kappa shape index (κ3) is 1.88. The molecule has 4 nitrogen and oxygen atoms in total. The zero-order valence-electron chi connectivity index (χ0n) is 10.4. The van der Waals surface area contributed by atoms with Crippen LogP contribution in [0.2, 0.25) is 0 Å². The van der Waals surface area contributed by atoms with Crippen LogP contribution in [0, 0.1) is 0 Å². The van der Waals surface area contributed by atoms with Gasteiger partial charge in [0.15, 0.2) is 0 Å². The molecule has 4 heteroatoms. The van der Waals surface area contributed by atoms with Gasteiger partial charge in [0.25, 0.3) is 0 Å². The molecule has 0 bridgehead atoms. The fraction of sp³-hybridized carbons (Fsp3) is 0.357. The summed E-state index contributed by atoms with van der Waals surface area (Å²) in [4.78, 5) is 4.10. The van der Waals surface area contributed by atoms with Gasteiger partial charge >= 0.3 is 0 Å². The second-order valence-corrected chi connectivity index (χ2v) is 4.74. The van der Waals surface area contributed by atoms with Crippen LogP contribution in [0.15, 0.2) is 30.6 Å². The summed E-state index contributed by atoms with van der Waals surface area (Å²) < 4.78 is 5.55. The van der Waals surface area contributed by atoms with Gasteiger partial charge in [0, 0.05) is 29.8 Å². The lowest BCUT2D eigenvalue weighted by atomic mass is 10.1. The van der Waals surface area contributed by atoms with Gasteiger partial charge in [0.05, 0.1) is 23.5 Å². The number of pyridine rings is 1. The van der Waals surface area contributed by atoms with E-state index in [1.165, 1.54) is 0 Å². The molecule has 1 aromatic carbocycles. The van der Waals surface area contributed by atoms with Gasteiger partial charge in [0.2, 0.25) is 0 Å². The highest BCUT2D eigenvalue weighted by atomic mass is 16.5. The Morgan fingerprint density at radius 2 is 2.28 bits per heavy atom. The Hall–Kier alpha value is -1.81. The SMILES string of the molecule is CC1OCCC1Nc1ccc2cnccc2c1N. The van der Waals surface area contributed by atoms with Crippen LogP contribution in [0.1, 0.15) is 13.3 Å². The van der Waals surface area contributed by atoms with Gasteiger partial charge in [-0.25, -0.2) is 0 Å². The van der Waals surface area contributed by atoms with Crippen LogP contribution in [0.4, 0.5) is 11.4 Å². The van der Waals surface area contributed by atoms with Gasteiger partial charge in [-0.05, 0) is 25.5 Å². The first-order valence-corrected chi connectivity index (χ1v) is 6.26. The first-order chi connectivity index (χ1) is 8.75. The minimum absolute atomic E-state index is 0.234. The second kappa shape index (κ2) is 4.46. The highest BCUT2D eigenvalue weighted by molar-refractivity contribution is 5.98. The van der Waals surface area contributed by atoms with Crippen molar-refractivity contribution in [1.29, 1.82) is 0 Å². The van der Waals surface area contributed by atoms with Crippen molar-refractivity contribution in [1.82, 2.24) is 4.98 Å². The Kier molecular flexibility index (Phi) is 2.80. The average molecular weight is 243 g/mol. The maximum atomic E-state index is 6.21. The molecular formula is C14H17N3O. The van der Waals surface area contributed by atoms with E-state index in [-0.39, 0.29) is 6.10 Å². The van der Waals surface area contributed by atoms with Crippen LogP contribution >= 0.6 is 0 Å². The second-order valence-electron chi connectivity index (χ2n) is 4.74. The van der Waals surface area contributed by atoms with Crippen molar-refractivity contribution in [3.8, 4) is 0 Å². The molecule has 0 spiro atoms. The lowest BCUT2D eigenvalue weighted by Crippen LogP contribution is -2.27. The molecule has 1 aliphatic heterocycles. The Labute approximate surface area is 106 Å². The minimum Gasteiger partial charge on any atom is -0.397 e. The lowest BCUT2D eigenvalue weighted by molar-refractivity contribution is 0.121. The summed E-state index contributed by atoms with van der Waals surface area (Å²) in [6.07, 6.45) is 4.85. The van der Waals surface area contributed by atoms with Gasteiger partial charge in [-0.15, -0.1) is 0 Å². The highest BCUT2D eigenvalue weighted by Crippen LogP contribution is 2.30. The molecule has 0 aliphatic carbocycles. The number of hydrogen-bond donors (Lipinski definition) is 2. The fourth-order valence-electron chi connectivity index (χ4n) is 2.44. The van der Waals surface area contributed by atoms with E-state index in [0.717, 1.165) is 35.2 Å². The van der Waals surface area contributed by atoms with Crippen LogP contribution in [-0.2, 0) is 4.74 Å². The normalized spacial score (nSPS) is 23.4. The number of nitrogen functional groups attached to an aromatic ring is 1. The smallest absolute Gasteiger partial charge is 0.0748 e. The van der Waals surface area contributed by atoms with Crippen molar-refractivity contribution in [3.63, 3.8) is 0 Å². The minimum atomic E-state index is 0.234. The Bertz CT molecular complexity index is 570. The number of rotatable bonds is 2. The van der Waals surface area contributed by atoms with Gasteiger partial charge < -0.3 is 15.8 Å². The van der Waals surface area contributed by atoms with E-state index in [4.69, 9.17) is 10.5 Å². The summed E-state index contributed by atoms with van der Waals surface area (Å²) in [5.74, 6) is 0. The van der Waals surface area contributed by atoms with E-state index in [1.807, 2.05) is 24.4 Å². The molecule has 18 heavy (non-hydrogen) atoms. The highest BCUT2D eigenvalue weighted by Gasteiger charge is 2.24. The maximum Gasteiger partial charge on any atom is 0.0748 e. The standard InChI is InChI=1S/C14H17N3O/c1-9-12(5-7-18-9)17-13-3-2-10-8-16-6-4-11(10)14(13)15/h2-4,6,8-9,12,17H,5,7,15H2,1H3. The molecule has 0 saturated carbocycles. The number of nitrogens with zero attached hydrogens (tertiary/aromatic N) is 1. The van der Waals surface area contributed by atoms with Crippen molar-refractivity contribution in [2.45, 2.75) is 25.5 Å². The summed E-state index contributed by atoms with van der Waals surface area (Å²) in [5, 5.41) is 5.59. The largest absolute Gasteiger partial charge is 0.397 e. The van der Waals surface area contributed by atoms with Crippen molar-refractivity contribution < 1.29 is 4.74 Å².